The summed E-state index contributed by atoms with van der Waals surface area (Å²) >= 11 is 0. The number of nitrogens with one attached hydrogen (secondary N) is 2. The first-order chi connectivity index (χ1) is 7.34. The fourth-order valence-electron chi connectivity index (χ4n) is 1.83. The van der Waals surface area contributed by atoms with Crippen LogP contribution in [0, 0.1) is 0 Å². The topological polar surface area (TPSA) is 41.1 Å². The number of hydrogen-bond acceptors (Lipinski definition) is 2. The summed E-state index contributed by atoms with van der Waals surface area (Å²) in [6, 6.07) is 0.0538. The van der Waals surface area contributed by atoms with Gasteiger partial charge in [-0.2, -0.15) is 0 Å². The van der Waals surface area contributed by atoms with Crippen LogP contribution >= 0.6 is 0 Å². The van der Waals surface area contributed by atoms with Crippen LogP contribution in [0.5, 0.6) is 0 Å². The van der Waals surface area contributed by atoms with Gasteiger partial charge in [-0.15, -0.1) is 6.58 Å². The number of piperidine rings is 1. The van der Waals surface area contributed by atoms with E-state index in [2.05, 4.69) is 17.2 Å². The van der Waals surface area contributed by atoms with Crippen molar-refractivity contribution in [3.05, 3.63) is 12.7 Å². The van der Waals surface area contributed by atoms with Gasteiger partial charge in [0.05, 0.1) is 6.04 Å². The van der Waals surface area contributed by atoms with Gasteiger partial charge in [0, 0.05) is 6.54 Å². The van der Waals surface area contributed by atoms with Gasteiger partial charge < -0.3 is 10.6 Å². The Balaban J connectivity index is 1.98. The second kappa shape index (κ2) is 7.46. The third-order valence-corrected chi connectivity index (χ3v) is 2.76. The maximum Gasteiger partial charge on any atom is 0.237 e. The lowest BCUT2D eigenvalue weighted by Gasteiger charge is -2.22. The summed E-state index contributed by atoms with van der Waals surface area (Å²) in [5, 5.41) is 6.19. The van der Waals surface area contributed by atoms with E-state index < -0.39 is 0 Å². The van der Waals surface area contributed by atoms with Gasteiger partial charge in [0.1, 0.15) is 0 Å². The summed E-state index contributed by atoms with van der Waals surface area (Å²) in [7, 11) is 0. The molecule has 3 heteroatoms. The maximum atomic E-state index is 11.4. The van der Waals surface area contributed by atoms with E-state index in [1.54, 1.807) is 0 Å². The summed E-state index contributed by atoms with van der Waals surface area (Å²) in [5.41, 5.74) is 0. The fourth-order valence-corrected chi connectivity index (χ4v) is 1.83. The van der Waals surface area contributed by atoms with Crippen LogP contribution in [0.1, 0.15) is 38.5 Å². The normalized spacial score (nSPS) is 21.1. The zero-order valence-corrected chi connectivity index (χ0v) is 9.43. The quantitative estimate of drug-likeness (QED) is 0.495. The van der Waals surface area contributed by atoms with Gasteiger partial charge in [-0.05, 0) is 38.6 Å². The van der Waals surface area contributed by atoms with Gasteiger partial charge in [-0.3, -0.25) is 4.79 Å². The van der Waals surface area contributed by atoms with E-state index in [-0.39, 0.29) is 11.9 Å². The van der Waals surface area contributed by atoms with Crippen LogP contribution in [-0.4, -0.2) is 25.0 Å². The Morgan fingerprint density at radius 1 is 1.47 bits per heavy atom. The first-order valence-electron chi connectivity index (χ1n) is 5.96. The Hall–Kier alpha value is -0.830. The third-order valence-electron chi connectivity index (χ3n) is 2.76. The highest BCUT2D eigenvalue weighted by atomic mass is 16.2. The molecule has 1 atom stereocenters. The largest absolute Gasteiger partial charge is 0.355 e. The van der Waals surface area contributed by atoms with Gasteiger partial charge in [-0.1, -0.05) is 12.5 Å². The Morgan fingerprint density at radius 3 is 3.07 bits per heavy atom. The van der Waals surface area contributed by atoms with Crippen LogP contribution < -0.4 is 10.6 Å². The molecule has 1 aliphatic rings. The molecule has 0 aromatic rings. The molecule has 15 heavy (non-hydrogen) atoms. The Kier molecular flexibility index (Phi) is 6.09. The van der Waals surface area contributed by atoms with Gasteiger partial charge in [0.15, 0.2) is 0 Å². The number of amides is 1. The lowest BCUT2D eigenvalue weighted by Crippen LogP contribution is -2.48. The Labute approximate surface area is 92.3 Å². The first-order valence-corrected chi connectivity index (χ1v) is 5.96. The number of carbonyl (C=O) groups is 1. The van der Waals surface area contributed by atoms with Crippen LogP contribution in [0.3, 0.4) is 0 Å². The van der Waals surface area contributed by atoms with Crippen molar-refractivity contribution < 1.29 is 4.79 Å². The zero-order chi connectivity index (χ0) is 10.9. The van der Waals surface area contributed by atoms with Crippen LogP contribution in [0.25, 0.3) is 0 Å². The minimum atomic E-state index is 0.0538. The number of unbranched alkanes of at least 4 members (excludes halogenated alkanes) is 3. The number of hydrogen-bond donors (Lipinski definition) is 2. The minimum Gasteiger partial charge on any atom is -0.355 e. The Morgan fingerprint density at radius 2 is 2.33 bits per heavy atom. The van der Waals surface area contributed by atoms with Crippen LogP contribution in [0.4, 0.5) is 0 Å². The average Bonchev–Trinajstić information content (AvgIpc) is 2.25. The number of rotatable bonds is 7. The highest BCUT2D eigenvalue weighted by molar-refractivity contribution is 5.82. The van der Waals surface area contributed by atoms with E-state index in [1.165, 1.54) is 12.8 Å². The highest BCUT2D eigenvalue weighted by Gasteiger charge is 2.20. The van der Waals surface area contributed by atoms with Gasteiger partial charge in [0.25, 0.3) is 0 Å². The first kappa shape index (κ1) is 12.2. The minimum absolute atomic E-state index is 0.0538. The van der Waals surface area contributed by atoms with Crippen molar-refractivity contribution in [3.8, 4) is 0 Å². The molecule has 1 heterocycles. The van der Waals surface area contributed by atoms with Gasteiger partial charge >= 0.3 is 0 Å². The molecule has 0 aromatic carbocycles. The molecule has 1 fully saturated rings. The average molecular weight is 210 g/mol. The lowest BCUT2D eigenvalue weighted by molar-refractivity contribution is -0.124. The molecule has 1 unspecified atom stereocenters. The van der Waals surface area contributed by atoms with Crippen LogP contribution in [0.15, 0.2) is 12.7 Å². The van der Waals surface area contributed by atoms with E-state index in [0.717, 1.165) is 38.8 Å². The predicted molar refractivity (Wildman–Crippen MR) is 62.7 cm³/mol. The van der Waals surface area contributed by atoms with Crippen LogP contribution in [0.2, 0.25) is 0 Å². The summed E-state index contributed by atoms with van der Waals surface area (Å²) < 4.78 is 0. The summed E-state index contributed by atoms with van der Waals surface area (Å²) in [4.78, 5) is 11.4. The molecule has 3 nitrogen and oxygen atoms in total. The fraction of sp³-hybridized carbons (Fsp3) is 0.750. The molecule has 86 valence electrons. The molecule has 1 amide bonds. The SMILES string of the molecule is C=CCCCCCNC1CCCNC1=O. The smallest absolute Gasteiger partial charge is 0.237 e. The van der Waals surface area contributed by atoms with Crippen molar-refractivity contribution >= 4 is 5.91 Å². The van der Waals surface area contributed by atoms with E-state index in [4.69, 9.17) is 0 Å². The van der Waals surface area contributed by atoms with Crippen molar-refractivity contribution in [1.29, 1.82) is 0 Å². The zero-order valence-electron chi connectivity index (χ0n) is 9.43. The molecule has 0 spiro atoms. The summed E-state index contributed by atoms with van der Waals surface area (Å²) in [5.74, 6) is 0.173. The molecule has 0 saturated carbocycles. The van der Waals surface area contributed by atoms with Crippen LogP contribution in [-0.2, 0) is 4.79 Å². The van der Waals surface area contributed by atoms with Crippen molar-refractivity contribution in [2.24, 2.45) is 0 Å². The molecular formula is C12H22N2O. The second-order valence-electron chi connectivity index (χ2n) is 4.08. The number of carbonyl (C=O) groups excluding carboxylic acids is 1. The third kappa shape index (κ3) is 4.98. The maximum absolute atomic E-state index is 11.4. The molecule has 2 N–H and O–H groups in total. The van der Waals surface area contributed by atoms with Crippen molar-refractivity contribution in [1.82, 2.24) is 10.6 Å². The predicted octanol–water partition coefficient (Wildman–Crippen LogP) is 1.60. The second-order valence-corrected chi connectivity index (χ2v) is 4.08. The van der Waals surface area contributed by atoms with Crippen molar-refractivity contribution in [2.75, 3.05) is 13.1 Å². The highest BCUT2D eigenvalue weighted by Crippen LogP contribution is 2.04. The van der Waals surface area contributed by atoms with E-state index >= 15 is 0 Å². The summed E-state index contributed by atoms with van der Waals surface area (Å²) in [6.07, 6.45) is 8.72. The van der Waals surface area contributed by atoms with Crippen molar-refractivity contribution in [2.45, 2.75) is 44.6 Å². The van der Waals surface area contributed by atoms with Gasteiger partial charge in [0.2, 0.25) is 5.91 Å². The molecule has 1 saturated heterocycles. The standard InChI is InChI=1S/C12H22N2O/c1-2-3-4-5-6-9-13-11-8-7-10-14-12(11)15/h2,11,13H,1,3-10H2,(H,14,15). The molecule has 0 aliphatic carbocycles. The molecule has 0 aromatic heterocycles. The van der Waals surface area contributed by atoms with Gasteiger partial charge in [-0.25, -0.2) is 0 Å². The number of allylic oxidation sites excluding steroid dienone is 1. The molecule has 0 bridgehead atoms. The molecule has 1 aliphatic heterocycles. The summed E-state index contributed by atoms with van der Waals surface area (Å²) in [6.45, 7) is 5.49. The van der Waals surface area contributed by atoms with E-state index in [9.17, 15) is 4.79 Å². The molecular weight excluding hydrogens is 188 g/mol. The molecule has 0 radical (unpaired) electrons. The van der Waals surface area contributed by atoms with Crippen molar-refractivity contribution in [3.63, 3.8) is 0 Å². The van der Waals surface area contributed by atoms with E-state index in [0.29, 0.717) is 0 Å². The molecule has 1 rings (SSSR count). The Bertz CT molecular complexity index is 204. The van der Waals surface area contributed by atoms with E-state index in [1.807, 2.05) is 6.08 Å². The monoisotopic (exact) mass is 210 g/mol. The lowest BCUT2D eigenvalue weighted by atomic mass is 10.1.